The summed E-state index contributed by atoms with van der Waals surface area (Å²) in [6.45, 7) is 1.97. The van der Waals surface area contributed by atoms with Gasteiger partial charge in [0.25, 0.3) is 11.1 Å². The third-order valence-electron chi connectivity index (χ3n) is 3.50. The summed E-state index contributed by atoms with van der Waals surface area (Å²) in [5, 5.41) is 14.0. The van der Waals surface area contributed by atoms with Crippen LogP contribution in [0.4, 0.5) is 0 Å². The van der Waals surface area contributed by atoms with Crippen molar-refractivity contribution in [2.24, 2.45) is 5.73 Å². The van der Waals surface area contributed by atoms with Gasteiger partial charge in [0.15, 0.2) is 0 Å². The highest BCUT2D eigenvalue weighted by Crippen LogP contribution is 2.36. The van der Waals surface area contributed by atoms with Crippen LogP contribution in [0, 0.1) is 6.92 Å². The van der Waals surface area contributed by atoms with E-state index in [0.717, 1.165) is 38.2 Å². The monoisotopic (exact) mass is 371 g/mol. The topological polar surface area (TPSA) is 99.8 Å². The lowest BCUT2D eigenvalue weighted by atomic mass is 10.3. The van der Waals surface area contributed by atoms with Gasteiger partial charge >= 0.3 is 0 Å². The van der Waals surface area contributed by atoms with Crippen LogP contribution >= 0.6 is 23.1 Å². The molecule has 3 aromatic heterocycles. The van der Waals surface area contributed by atoms with Crippen LogP contribution in [0.5, 0.6) is 0 Å². The predicted octanol–water partition coefficient (Wildman–Crippen LogP) is 3.02. The number of aryl methyl sites for hydroxylation is 1. The number of nitrogens with zero attached hydrogens (tertiary/aromatic N) is 4. The summed E-state index contributed by atoms with van der Waals surface area (Å²) in [6.07, 6.45) is 0. The van der Waals surface area contributed by atoms with Crippen LogP contribution in [0.1, 0.15) is 5.69 Å². The Bertz CT molecular complexity index is 1050. The smallest absolute Gasteiger partial charge is 0.277 e. The fourth-order valence-corrected chi connectivity index (χ4v) is 4.00. The minimum Gasteiger partial charge on any atom is -0.410 e. The van der Waals surface area contributed by atoms with Crippen LogP contribution < -0.4 is 5.73 Å². The molecule has 126 valence electrons. The van der Waals surface area contributed by atoms with E-state index >= 15 is 0 Å². The highest BCUT2D eigenvalue weighted by molar-refractivity contribution is 7.99. The molecule has 0 aliphatic carbocycles. The van der Waals surface area contributed by atoms with E-state index in [9.17, 15) is 4.79 Å². The van der Waals surface area contributed by atoms with Crippen LogP contribution in [-0.2, 0) is 4.79 Å². The maximum atomic E-state index is 10.8. The summed E-state index contributed by atoms with van der Waals surface area (Å²) in [6, 6.07) is 11.9. The molecule has 0 saturated carbocycles. The van der Waals surface area contributed by atoms with Gasteiger partial charge in [-0.1, -0.05) is 30.0 Å². The number of primary amides is 1. The molecule has 7 nitrogen and oxygen atoms in total. The van der Waals surface area contributed by atoms with Gasteiger partial charge in [0.1, 0.15) is 4.83 Å². The number of aromatic nitrogens is 4. The zero-order valence-electron chi connectivity index (χ0n) is 13.2. The van der Waals surface area contributed by atoms with E-state index in [1.165, 1.54) is 11.3 Å². The molecule has 3 heterocycles. The van der Waals surface area contributed by atoms with Crippen molar-refractivity contribution in [3.8, 4) is 16.5 Å². The molecule has 0 atom stereocenters. The Morgan fingerprint density at radius 1 is 1.32 bits per heavy atom. The second kappa shape index (κ2) is 6.34. The van der Waals surface area contributed by atoms with Crippen molar-refractivity contribution in [1.29, 1.82) is 0 Å². The minimum absolute atomic E-state index is 0.107. The molecular weight excluding hydrogens is 358 g/mol. The number of carbonyl (C=O) groups is 1. The third kappa shape index (κ3) is 3.03. The summed E-state index contributed by atoms with van der Waals surface area (Å²) in [7, 11) is 0. The van der Waals surface area contributed by atoms with E-state index < -0.39 is 5.91 Å². The fraction of sp³-hybridized carbons (Fsp3) is 0.125. The number of carbonyl (C=O) groups excluding carboxylic acids is 1. The van der Waals surface area contributed by atoms with E-state index in [4.69, 9.17) is 10.2 Å². The molecule has 0 fully saturated rings. The number of nitrogens with two attached hydrogens (primary N) is 1. The van der Waals surface area contributed by atoms with Crippen LogP contribution in [0.2, 0.25) is 0 Å². The van der Waals surface area contributed by atoms with Gasteiger partial charge in [-0.2, -0.15) is 5.10 Å². The first-order valence-corrected chi connectivity index (χ1v) is 9.21. The Morgan fingerprint density at radius 3 is 2.88 bits per heavy atom. The second-order valence-corrected chi connectivity index (χ2v) is 7.25. The second-order valence-electron chi connectivity index (χ2n) is 5.29. The normalized spacial score (nSPS) is 11.2. The average Bonchev–Trinajstić information content (AvgIpc) is 3.30. The number of amides is 1. The number of thioether (sulfide) groups is 1. The van der Waals surface area contributed by atoms with Crippen LogP contribution in [0.15, 0.2) is 46.0 Å². The maximum Gasteiger partial charge on any atom is 0.277 e. The quantitative estimate of drug-likeness (QED) is 0.541. The van der Waals surface area contributed by atoms with Gasteiger partial charge in [-0.05, 0) is 25.1 Å². The molecule has 4 aromatic rings. The molecule has 0 aliphatic heterocycles. The number of hydrogen-bond donors (Lipinski definition) is 1. The van der Waals surface area contributed by atoms with Crippen molar-refractivity contribution in [3.63, 3.8) is 0 Å². The lowest BCUT2D eigenvalue weighted by Crippen LogP contribution is -2.12. The Balaban J connectivity index is 1.71. The molecule has 0 unspecified atom stereocenters. The van der Waals surface area contributed by atoms with E-state index in [1.807, 2.05) is 48.0 Å². The largest absolute Gasteiger partial charge is 0.410 e. The van der Waals surface area contributed by atoms with Crippen molar-refractivity contribution in [2.75, 3.05) is 5.75 Å². The predicted molar refractivity (Wildman–Crippen MR) is 96.9 cm³/mol. The van der Waals surface area contributed by atoms with Crippen molar-refractivity contribution in [2.45, 2.75) is 12.1 Å². The molecule has 0 spiro atoms. The fourth-order valence-electron chi connectivity index (χ4n) is 2.40. The number of benzene rings is 1. The lowest BCUT2D eigenvalue weighted by molar-refractivity contribution is -0.115. The Kier molecular flexibility index (Phi) is 4.02. The van der Waals surface area contributed by atoms with Gasteiger partial charge < -0.3 is 10.2 Å². The molecule has 0 radical (unpaired) electrons. The van der Waals surface area contributed by atoms with E-state index in [-0.39, 0.29) is 5.75 Å². The summed E-state index contributed by atoms with van der Waals surface area (Å²) < 4.78 is 7.53. The first-order valence-electron chi connectivity index (χ1n) is 7.41. The molecule has 4 rings (SSSR count). The Hall–Kier alpha value is -2.65. The first-order chi connectivity index (χ1) is 12.1. The Labute approximate surface area is 150 Å². The summed E-state index contributed by atoms with van der Waals surface area (Å²) in [4.78, 5) is 12.7. The molecule has 1 aromatic carbocycles. The van der Waals surface area contributed by atoms with Gasteiger partial charge in [-0.3, -0.25) is 4.79 Å². The SMILES string of the molecule is Cc1nn(-c2ccccc2)c2sc(-c3nnc(SCC(N)=O)o3)cc12. The standard InChI is InChI=1S/C16H13N5O2S2/c1-9-11-7-12(14-18-19-16(23-14)24-8-13(17)22)25-15(11)21(20-9)10-5-3-2-4-6-10/h2-7H,8H2,1H3,(H2,17,22). The molecule has 0 bridgehead atoms. The molecule has 1 amide bonds. The zero-order valence-corrected chi connectivity index (χ0v) is 14.8. The van der Waals surface area contributed by atoms with E-state index in [1.54, 1.807) is 0 Å². The summed E-state index contributed by atoms with van der Waals surface area (Å²) in [5.74, 6) is 0.105. The zero-order chi connectivity index (χ0) is 17.4. The van der Waals surface area contributed by atoms with Crippen LogP contribution in [0.3, 0.4) is 0 Å². The number of fused-ring (bicyclic) bond motifs is 1. The average molecular weight is 371 g/mol. The molecule has 0 aliphatic rings. The van der Waals surface area contributed by atoms with E-state index in [0.29, 0.717) is 11.1 Å². The summed E-state index contributed by atoms with van der Waals surface area (Å²) >= 11 is 2.66. The van der Waals surface area contributed by atoms with Crippen LogP contribution in [0.25, 0.3) is 26.7 Å². The number of thiophene rings is 1. The molecule has 2 N–H and O–H groups in total. The number of hydrogen-bond acceptors (Lipinski definition) is 7. The lowest BCUT2D eigenvalue weighted by Gasteiger charge is -2.00. The van der Waals surface area contributed by atoms with Gasteiger partial charge in [-0.25, -0.2) is 4.68 Å². The summed E-state index contributed by atoms with van der Waals surface area (Å²) in [5.41, 5.74) is 7.06. The van der Waals surface area contributed by atoms with Gasteiger partial charge in [-0.15, -0.1) is 21.5 Å². The van der Waals surface area contributed by atoms with Crippen molar-refractivity contribution in [1.82, 2.24) is 20.0 Å². The van der Waals surface area contributed by atoms with Crippen molar-refractivity contribution in [3.05, 3.63) is 42.1 Å². The van der Waals surface area contributed by atoms with Gasteiger partial charge in [0.05, 0.1) is 22.0 Å². The molecule has 0 saturated heterocycles. The third-order valence-corrected chi connectivity index (χ3v) is 5.44. The minimum atomic E-state index is -0.426. The first kappa shape index (κ1) is 15.9. The molecule has 9 heteroatoms. The molecule has 25 heavy (non-hydrogen) atoms. The Morgan fingerprint density at radius 2 is 2.12 bits per heavy atom. The van der Waals surface area contributed by atoms with Crippen molar-refractivity contribution >= 4 is 39.2 Å². The highest BCUT2D eigenvalue weighted by atomic mass is 32.2. The number of rotatable bonds is 5. The van der Waals surface area contributed by atoms with E-state index in [2.05, 4.69) is 15.3 Å². The maximum absolute atomic E-state index is 10.8. The molecular formula is C16H13N5O2S2. The van der Waals surface area contributed by atoms with Gasteiger partial charge in [0, 0.05) is 5.39 Å². The van der Waals surface area contributed by atoms with Gasteiger partial charge in [0.2, 0.25) is 5.91 Å². The van der Waals surface area contributed by atoms with Crippen molar-refractivity contribution < 1.29 is 9.21 Å². The number of para-hydroxylation sites is 1. The highest BCUT2D eigenvalue weighted by Gasteiger charge is 2.18. The van der Waals surface area contributed by atoms with Crippen LogP contribution in [-0.4, -0.2) is 31.6 Å².